The van der Waals surface area contributed by atoms with E-state index in [1.807, 2.05) is 80.6 Å². The second kappa shape index (κ2) is 32.2. The van der Waals surface area contributed by atoms with Crippen molar-refractivity contribution >= 4 is 39.9 Å². The molecule has 20 aliphatic rings. The minimum atomic E-state index is -0.121. The van der Waals surface area contributed by atoms with Crippen LogP contribution in [0.25, 0.3) is 28.2 Å². The Balaban J connectivity index is 0.0000000972. The van der Waals surface area contributed by atoms with Gasteiger partial charge in [0.25, 0.3) is 0 Å². The average Bonchev–Trinajstić information content (AvgIpc) is 0.859. The number of carbonyl (C=O) groups is 2. The van der Waals surface area contributed by atoms with Gasteiger partial charge in [0.15, 0.2) is 5.78 Å². The number of aliphatic hydroxyl groups excluding tert-OH is 2. The number of aliphatic hydroxyl groups is 2. The van der Waals surface area contributed by atoms with Crippen LogP contribution in [0.1, 0.15) is 273 Å². The molecule has 13 nitrogen and oxygen atoms in total. The first-order chi connectivity index (χ1) is 61.6. The fourth-order valence-corrected chi connectivity index (χ4v) is 32.4. The van der Waals surface area contributed by atoms with Crippen molar-refractivity contribution in [1.29, 1.82) is 0 Å². The number of fused-ring (bicyclic) bond motifs is 25. The van der Waals surface area contributed by atoms with E-state index in [0.717, 1.165) is 120 Å². The highest BCUT2D eigenvalue weighted by Crippen LogP contribution is 2.72. The lowest BCUT2D eigenvalue weighted by atomic mass is 9.48. The van der Waals surface area contributed by atoms with Gasteiger partial charge in [-0.3, -0.25) is 19.6 Å². The van der Waals surface area contributed by atoms with E-state index < -0.39 is 0 Å². The Hall–Kier alpha value is -8.91. The Bertz CT molecular complexity index is 5570. The molecular formula is C115H141N9O4. The van der Waals surface area contributed by atoms with Crippen molar-refractivity contribution in [2.45, 2.75) is 275 Å². The predicted molar refractivity (Wildman–Crippen MR) is 514 cm³/mol. The van der Waals surface area contributed by atoms with E-state index in [4.69, 9.17) is 0 Å². The van der Waals surface area contributed by atoms with E-state index in [1.54, 1.807) is 39.0 Å². The number of rotatable bonds is 5. The van der Waals surface area contributed by atoms with E-state index in [2.05, 4.69) is 236 Å². The maximum Gasteiger partial charge on any atom is 0.243 e. The van der Waals surface area contributed by atoms with E-state index in [1.165, 1.54) is 159 Å². The average molecular weight is 1710 g/mol. The van der Waals surface area contributed by atoms with Crippen molar-refractivity contribution in [3.05, 3.63) is 263 Å². The number of carbonyl (C=O) groups excluding carboxylic acids is 2. The largest absolute Gasteiger partial charge is 0.393 e. The molecule has 0 saturated heterocycles. The molecule has 670 valence electrons. The molecule has 13 heteroatoms. The molecule has 5 unspecified atom stereocenters. The quantitative estimate of drug-likeness (QED) is 0.145. The zero-order valence-electron chi connectivity index (χ0n) is 78.5. The predicted octanol–water partition coefficient (Wildman–Crippen LogP) is 25.2. The summed E-state index contributed by atoms with van der Waals surface area (Å²) in [6, 6.07) is 8.56. The van der Waals surface area contributed by atoms with Crippen LogP contribution in [-0.4, -0.2) is 79.3 Å². The number of pyridine rings is 2. The summed E-state index contributed by atoms with van der Waals surface area (Å²) in [6.07, 6.45) is 94.1. The molecule has 5 aromatic rings. The van der Waals surface area contributed by atoms with Gasteiger partial charge in [0.1, 0.15) is 0 Å². The van der Waals surface area contributed by atoms with Gasteiger partial charge in [0, 0.05) is 125 Å². The molecule has 0 bridgehead atoms. The summed E-state index contributed by atoms with van der Waals surface area (Å²) in [6.45, 7) is 27.8. The van der Waals surface area contributed by atoms with Crippen LogP contribution < -0.4 is 5.32 Å². The molecule has 23 atom stereocenters. The van der Waals surface area contributed by atoms with Crippen LogP contribution in [-0.2, 0) is 9.59 Å². The lowest BCUT2D eigenvalue weighted by Crippen LogP contribution is -2.47. The number of hydrogen-bond donors (Lipinski definition) is 3. The summed E-state index contributed by atoms with van der Waals surface area (Å²) in [7, 11) is 0. The topological polar surface area (TPSA) is 166 Å². The Morgan fingerprint density at radius 3 is 1.14 bits per heavy atom. The van der Waals surface area contributed by atoms with Crippen molar-refractivity contribution in [3.8, 4) is 0 Å². The van der Waals surface area contributed by atoms with Gasteiger partial charge in [-0.1, -0.05) is 205 Å². The van der Waals surface area contributed by atoms with Crippen LogP contribution in [0.5, 0.6) is 0 Å². The lowest BCUT2D eigenvalue weighted by Gasteiger charge is -2.56. The molecule has 19 aliphatic carbocycles. The summed E-state index contributed by atoms with van der Waals surface area (Å²) >= 11 is 0. The van der Waals surface area contributed by atoms with E-state index in [-0.39, 0.29) is 56.0 Å². The van der Waals surface area contributed by atoms with Crippen molar-refractivity contribution in [2.24, 2.45) is 119 Å². The summed E-state index contributed by atoms with van der Waals surface area (Å²) in [4.78, 5) is 45.4. The van der Waals surface area contributed by atoms with Crippen molar-refractivity contribution in [3.63, 3.8) is 0 Å². The molecule has 10 saturated carbocycles. The van der Waals surface area contributed by atoms with Crippen LogP contribution in [0, 0.1) is 119 Å². The first-order valence-electron chi connectivity index (χ1n) is 50.2. The van der Waals surface area contributed by atoms with E-state index in [9.17, 15) is 19.8 Å². The number of hydrogen-bond acceptors (Lipinski definition) is 9. The van der Waals surface area contributed by atoms with Gasteiger partial charge < -0.3 is 29.2 Å². The molecule has 0 aromatic carbocycles. The third kappa shape index (κ3) is 13.7. The van der Waals surface area contributed by atoms with Crippen molar-refractivity contribution in [1.82, 2.24) is 43.9 Å². The van der Waals surface area contributed by atoms with Gasteiger partial charge in [0.2, 0.25) is 5.91 Å². The highest BCUT2D eigenvalue weighted by Gasteiger charge is 2.61. The standard InChI is InChI=1S/C25H31N.C24H29NO.C22H27N3O.C22H28N2O.C22H26N2O/c1-17-10-12-24(2)19(15-17)6-7-20-22-9-8-21(18-5-4-14-26-16-18)25(22,3)13-11-23(20)24;1-23-11-9-18(26)14-17(23)5-6-19-21-8-7-20(16-4-3-13-25-15-16)24(21,2)12-10-22(19)23;1-21-9-10-24-20(26)13-15(21)3-4-16-17-5-6-19(25-12-11-23-14-25)22(17,2)8-7-18(16)21;2*1-21-9-7-16(25)13-15(21)3-4-17-18-5-6-20(24-12-11-23-14-24)22(18,2)10-8-19(17)21/h4-6,8-9,14,16-17,20,23H,7,10-13,15H2,1-3H3;3-5,7-8,13,15,18-19,22,26H,6,9-12,14H2,1-2H3;5-6,11-14,16,18H,3-4,7-10H2,1-2H3,(H,24,26);3,5-6,11-12,14,16-17,19,25H,4,7-10,13H2,1-2H3;5-6,11-14,17,19H,3-4,7-10H2,1-2H3/t17-,20-,23?,24-,25+;18-,19-,22?,23-,24+;16-,18?,21-,22-;16-,17-,19?,21-,22-;17-,19?,21-,22-/m00000/s1. The summed E-state index contributed by atoms with van der Waals surface area (Å²) in [5.74, 6) is 8.30. The van der Waals surface area contributed by atoms with Crippen LogP contribution in [0.4, 0.5) is 0 Å². The van der Waals surface area contributed by atoms with Gasteiger partial charge in [-0.05, 0) is 331 Å². The number of imidazole rings is 3. The van der Waals surface area contributed by atoms with E-state index >= 15 is 0 Å². The van der Waals surface area contributed by atoms with Crippen LogP contribution >= 0.6 is 0 Å². The third-order valence-corrected chi connectivity index (χ3v) is 39.9. The highest BCUT2D eigenvalue weighted by molar-refractivity contribution is 5.92. The normalized spacial score (nSPS) is 40.8. The Kier molecular flexibility index (Phi) is 21.6. The molecule has 5 aromatic heterocycles. The maximum atomic E-state index is 12.0. The summed E-state index contributed by atoms with van der Waals surface area (Å²) in [5, 5.41) is 23.3. The maximum absolute atomic E-state index is 12.0. The molecule has 10 fully saturated rings. The Labute approximate surface area is 762 Å². The lowest BCUT2D eigenvalue weighted by molar-refractivity contribution is -0.117. The second-order valence-electron chi connectivity index (χ2n) is 45.8. The fourth-order valence-electron chi connectivity index (χ4n) is 32.4. The molecular weight excluding hydrogens is 1570 g/mol. The van der Waals surface area contributed by atoms with Gasteiger partial charge in [0.05, 0.1) is 31.2 Å². The number of nitrogens with zero attached hydrogens (tertiary/aromatic N) is 8. The highest BCUT2D eigenvalue weighted by atomic mass is 16.3. The molecule has 6 heterocycles. The summed E-state index contributed by atoms with van der Waals surface area (Å²) in [5.41, 5.74) is 27.8. The zero-order chi connectivity index (χ0) is 88.3. The van der Waals surface area contributed by atoms with Crippen LogP contribution in [0.15, 0.2) is 252 Å². The monoisotopic (exact) mass is 1710 g/mol. The molecule has 3 N–H and O–H groups in total. The molecule has 1 aliphatic heterocycles. The van der Waals surface area contributed by atoms with Gasteiger partial charge in [-0.2, -0.15) is 0 Å². The fraction of sp³-hybridized carbons (Fsp3) is 0.557. The molecule has 0 radical (unpaired) electrons. The Morgan fingerprint density at radius 2 is 0.727 bits per heavy atom. The van der Waals surface area contributed by atoms with E-state index in [0.29, 0.717) is 57.5 Å². The first-order valence-corrected chi connectivity index (χ1v) is 50.2. The van der Waals surface area contributed by atoms with Gasteiger partial charge >= 0.3 is 0 Å². The number of aromatic nitrogens is 8. The number of ketones is 1. The second-order valence-corrected chi connectivity index (χ2v) is 45.8. The Morgan fingerprint density at radius 1 is 0.359 bits per heavy atom. The van der Waals surface area contributed by atoms with Crippen LogP contribution in [0.2, 0.25) is 0 Å². The molecule has 128 heavy (non-hydrogen) atoms. The van der Waals surface area contributed by atoms with Gasteiger partial charge in [-0.25, -0.2) is 15.0 Å². The molecule has 1 amide bonds. The minimum absolute atomic E-state index is 0.104. The van der Waals surface area contributed by atoms with Gasteiger partial charge in [-0.15, -0.1) is 0 Å². The number of amides is 1. The molecule has 0 spiro atoms. The van der Waals surface area contributed by atoms with Crippen molar-refractivity contribution < 1.29 is 19.8 Å². The number of nitrogens with one attached hydrogen (secondary N) is 1. The van der Waals surface area contributed by atoms with Crippen LogP contribution in [0.3, 0.4) is 0 Å². The minimum Gasteiger partial charge on any atom is -0.393 e. The SMILES string of the molecule is C[C@H]1CC[C@@]2(C)C(=CC[C@H]3C4=CC=C(c5cccnc5)[C@@]4(C)CCC32)C1.C[C@]12CCC3[C@@H](CC=C4C[C@@H](O)CC[C@@]43C)C1=CC=C2c1cccnc1.C[C@]12CCC3[C@@H](CC=C4C[C@@H](O)CC[C@@]43C)C1=CC=C2n1ccnc1.C[C@]12CCC3[C@@H](CCC4=CC(=O)CC[C@@]43C)C1=CC=C2n1ccnc1.C[C@]12CCC3[C@@H](CCC4=CC(=O)NCC[C@@]43C)C1=CC=C2n1ccnc1. The third-order valence-electron chi connectivity index (χ3n) is 39.9. The molecule has 25 rings (SSSR count). The first kappa shape index (κ1) is 85.8. The number of allylic oxidation sites excluding steroid dienone is 27. The van der Waals surface area contributed by atoms with Crippen molar-refractivity contribution in [2.75, 3.05) is 6.54 Å². The zero-order valence-corrected chi connectivity index (χ0v) is 78.5. The summed E-state index contributed by atoms with van der Waals surface area (Å²) < 4.78 is 6.58. The smallest absolute Gasteiger partial charge is 0.243 e.